The number of Topliss-reactive ketones (excluding diaryl/α,β-unsaturated/α-hetero) is 1. The van der Waals surface area contributed by atoms with E-state index in [1.807, 2.05) is 0 Å². The Kier molecular flexibility index (Phi) is 3.72. The summed E-state index contributed by atoms with van der Waals surface area (Å²) >= 11 is 0. The van der Waals surface area contributed by atoms with Crippen molar-refractivity contribution in [3.8, 4) is 0 Å². The fraction of sp³-hybridized carbons (Fsp3) is 0.857. The molecule has 0 aromatic heterocycles. The van der Waals surface area contributed by atoms with Crippen LogP contribution in [0.3, 0.4) is 0 Å². The molecule has 0 N–H and O–H groups in total. The van der Waals surface area contributed by atoms with Crippen molar-refractivity contribution in [1.29, 1.82) is 0 Å². The van der Waals surface area contributed by atoms with Crippen LogP contribution >= 0.6 is 0 Å². The van der Waals surface area contributed by atoms with Gasteiger partial charge >= 0.3 is 0 Å². The van der Waals surface area contributed by atoms with Gasteiger partial charge in [0.05, 0.1) is 5.25 Å². The Labute approximate surface area is 67.7 Å². The van der Waals surface area contributed by atoms with Gasteiger partial charge in [0.15, 0.2) is 9.84 Å². The van der Waals surface area contributed by atoms with E-state index in [9.17, 15) is 13.2 Å². The molecule has 0 aromatic carbocycles. The van der Waals surface area contributed by atoms with Crippen LogP contribution in [0.5, 0.6) is 0 Å². The van der Waals surface area contributed by atoms with Crippen molar-refractivity contribution >= 4 is 15.6 Å². The molecule has 0 aliphatic rings. The van der Waals surface area contributed by atoms with Crippen LogP contribution in [-0.2, 0) is 14.6 Å². The summed E-state index contributed by atoms with van der Waals surface area (Å²) in [6.45, 7) is 4.71. The number of carbonyl (C=O) groups excluding carboxylic acids is 1. The molecule has 0 fully saturated rings. The molecule has 0 rings (SSSR count). The monoisotopic (exact) mass is 178 g/mol. The van der Waals surface area contributed by atoms with Gasteiger partial charge in [-0.15, -0.1) is 0 Å². The normalized spacial score (nSPS) is 14.5. The lowest BCUT2D eigenvalue weighted by Gasteiger charge is -2.07. The van der Waals surface area contributed by atoms with Crippen LogP contribution in [0.2, 0.25) is 0 Å². The van der Waals surface area contributed by atoms with Crippen molar-refractivity contribution in [3.05, 3.63) is 0 Å². The van der Waals surface area contributed by atoms with E-state index in [4.69, 9.17) is 0 Å². The molecule has 66 valence electrons. The summed E-state index contributed by atoms with van der Waals surface area (Å²) in [5, 5.41) is -0.397. The highest BCUT2D eigenvalue weighted by molar-refractivity contribution is 7.92. The summed E-state index contributed by atoms with van der Waals surface area (Å²) in [5.74, 6) is -0.604. The maximum Gasteiger partial charge on any atom is 0.159 e. The number of hydrogen-bond donors (Lipinski definition) is 0. The minimum Gasteiger partial charge on any atom is -0.299 e. The van der Waals surface area contributed by atoms with Crippen LogP contribution in [0.25, 0.3) is 0 Å². The molecule has 11 heavy (non-hydrogen) atoms. The van der Waals surface area contributed by atoms with Crippen LogP contribution in [0.4, 0.5) is 0 Å². The van der Waals surface area contributed by atoms with Gasteiger partial charge in [-0.05, 0) is 20.3 Å². The summed E-state index contributed by atoms with van der Waals surface area (Å²) in [6.07, 6.45) is 0.565. The van der Waals surface area contributed by atoms with Gasteiger partial charge in [0.2, 0.25) is 0 Å². The number of hydrogen-bond acceptors (Lipinski definition) is 3. The average molecular weight is 178 g/mol. The van der Waals surface area contributed by atoms with Gasteiger partial charge in [0.25, 0.3) is 0 Å². The van der Waals surface area contributed by atoms with Gasteiger partial charge < -0.3 is 0 Å². The SMILES string of the molecule is CCC(C)S(=O)(=O)CC(C)=O. The van der Waals surface area contributed by atoms with E-state index in [0.29, 0.717) is 6.42 Å². The molecule has 0 aliphatic heterocycles. The molecule has 0 radical (unpaired) electrons. The minimum atomic E-state index is -3.16. The van der Waals surface area contributed by atoms with E-state index in [0.717, 1.165) is 0 Å². The van der Waals surface area contributed by atoms with Crippen molar-refractivity contribution in [2.24, 2.45) is 0 Å². The molecule has 0 saturated heterocycles. The Hall–Kier alpha value is -0.380. The van der Waals surface area contributed by atoms with Crippen molar-refractivity contribution < 1.29 is 13.2 Å². The number of rotatable bonds is 4. The largest absolute Gasteiger partial charge is 0.299 e. The highest BCUT2D eigenvalue weighted by Gasteiger charge is 2.20. The molecule has 1 atom stereocenters. The highest BCUT2D eigenvalue weighted by atomic mass is 32.2. The van der Waals surface area contributed by atoms with Crippen LogP contribution in [0, 0.1) is 0 Å². The molecule has 4 heteroatoms. The summed E-state index contributed by atoms with van der Waals surface area (Å²) in [7, 11) is -3.16. The van der Waals surface area contributed by atoms with Crippen LogP contribution in [-0.4, -0.2) is 25.2 Å². The molecule has 0 aliphatic carbocycles. The topological polar surface area (TPSA) is 51.2 Å². The first-order chi connectivity index (χ1) is 4.90. The van der Waals surface area contributed by atoms with Crippen molar-refractivity contribution in [3.63, 3.8) is 0 Å². The second-order valence-corrected chi connectivity index (χ2v) is 5.15. The predicted molar refractivity (Wildman–Crippen MR) is 44.2 cm³/mol. The van der Waals surface area contributed by atoms with Crippen molar-refractivity contribution in [1.82, 2.24) is 0 Å². The van der Waals surface area contributed by atoms with E-state index < -0.39 is 15.1 Å². The summed E-state index contributed by atoms with van der Waals surface area (Å²) in [6, 6.07) is 0. The Morgan fingerprint density at radius 3 is 2.18 bits per heavy atom. The van der Waals surface area contributed by atoms with Gasteiger partial charge in [0, 0.05) is 0 Å². The first kappa shape index (κ1) is 10.6. The van der Waals surface area contributed by atoms with E-state index in [1.165, 1.54) is 6.92 Å². The second-order valence-electron chi connectivity index (χ2n) is 2.73. The van der Waals surface area contributed by atoms with E-state index in [2.05, 4.69) is 0 Å². The molecule has 0 amide bonds. The first-order valence-corrected chi connectivity index (χ1v) is 5.32. The third kappa shape index (κ3) is 3.51. The Morgan fingerprint density at radius 1 is 1.45 bits per heavy atom. The maximum absolute atomic E-state index is 11.2. The Bertz CT molecular complexity index is 228. The lowest BCUT2D eigenvalue weighted by Crippen LogP contribution is -2.23. The Balaban J connectivity index is 4.35. The fourth-order valence-corrected chi connectivity index (χ4v) is 2.04. The van der Waals surface area contributed by atoms with Gasteiger partial charge in [-0.25, -0.2) is 8.42 Å². The highest BCUT2D eigenvalue weighted by Crippen LogP contribution is 2.05. The van der Waals surface area contributed by atoms with Crippen molar-refractivity contribution in [2.75, 3.05) is 5.75 Å². The quantitative estimate of drug-likeness (QED) is 0.639. The zero-order valence-electron chi connectivity index (χ0n) is 7.12. The van der Waals surface area contributed by atoms with E-state index >= 15 is 0 Å². The lowest BCUT2D eigenvalue weighted by atomic mass is 10.4. The van der Waals surface area contributed by atoms with Crippen LogP contribution < -0.4 is 0 Å². The van der Waals surface area contributed by atoms with Gasteiger partial charge in [-0.1, -0.05) is 6.92 Å². The van der Waals surface area contributed by atoms with Crippen LogP contribution in [0.15, 0.2) is 0 Å². The summed E-state index contributed by atoms with van der Waals surface area (Å²) in [5.41, 5.74) is 0. The molecule has 3 nitrogen and oxygen atoms in total. The number of ketones is 1. The molecule has 0 aromatic rings. The summed E-state index contributed by atoms with van der Waals surface area (Å²) < 4.78 is 22.3. The molecule has 0 spiro atoms. The summed E-state index contributed by atoms with van der Waals surface area (Å²) in [4.78, 5) is 10.5. The fourth-order valence-electron chi connectivity index (χ4n) is 0.680. The van der Waals surface area contributed by atoms with Gasteiger partial charge in [-0.2, -0.15) is 0 Å². The zero-order chi connectivity index (χ0) is 9.07. The van der Waals surface area contributed by atoms with E-state index in [-0.39, 0.29) is 11.5 Å². The predicted octanol–water partition coefficient (Wildman–Crippen LogP) is 0.789. The van der Waals surface area contributed by atoms with E-state index in [1.54, 1.807) is 13.8 Å². The molecule has 0 heterocycles. The molecule has 0 saturated carbocycles. The molecular formula is C7H14O3S. The maximum atomic E-state index is 11.2. The van der Waals surface area contributed by atoms with Gasteiger partial charge in [-0.3, -0.25) is 4.79 Å². The number of carbonyl (C=O) groups is 1. The zero-order valence-corrected chi connectivity index (χ0v) is 7.94. The third-order valence-corrected chi connectivity index (χ3v) is 3.96. The average Bonchev–Trinajstić information content (AvgIpc) is 1.83. The smallest absolute Gasteiger partial charge is 0.159 e. The first-order valence-electron chi connectivity index (χ1n) is 3.61. The number of sulfone groups is 1. The molecule has 1 unspecified atom stereocenters. The Morgan fingerprint density at radius 2 is 1.91 bits per heavy atom. The molecule has 0 bridgehead atoms. The van der Waals surface area contributed by atoms with Crippen LogP contribution in [0.1, 0.15) is 27.2 Å². The second kappa shape index (κ2) is 3.85. The van der Waals surface area contributed by atoms with Crippen molar-refractivity contribution in [2.45, 2.75) is 32.4 Å². The van der Waals surface area contributed by atoms with Gasteiger partial charge in [0.1, 0.15) is 11.5 Å². The lowest BCUT2D eigenvalue weighted by molar-refractivity contribution is -0.114. The third-order valence-electron chi connectivity index (χ3n) is 1.59. The standard InChI is InChI=1S/C7H14O3S/c1-4-7(3)11(9,10)5-6(2)8/h7H,4-5H2,1-3H3. The minimum absolute atomic E-state index is 0.287. The molecular weight excluding hydrogens is 164 g/mol.